The molecule has 0 spiro atoms. The molecule has 0 aliphatic heterocycles. The van der Waals surface area contributed by atoms with Crippen LogP contribution >= 0.6 is 15.9 Å². The minimum absolute atomic E-state index is 0.292. The summed E-state index contributed by atoms with van der Waals surface area (Å²) in [5.41, 5.74) is 1.19. The largest absolute Gasteiger partial charge is 0.294 e. The first-order chi connectivity index (χ1) is 9.56. The van der Waals surface area contributed by atoms with Crippen molar-refractivity contribution in [2.45, 2.75) is 49.3 Å². The second-order valence-corrected chi connectivity index (χ2v) is 9.26. The van der Waals surface area contributed by atoms with Crippen molar-refractivity contribution >= 4 is 21.7 Å². The number of alkyl halides is 1. The van der Waals surface area contributed by atoms with Crippen molar-refractivity contribution in [1.29, 1.82) is 0 Å². The molecule has 1 aromatic carbocycles. The highest BCUT2D eigenvalue weighted by Crippen LogP contribution is 2.65. The van der Waals surface area contributed by atoms with E-state index in [2.05, 4.69) is 15.9 Å². The van der Waals surface area contributed by atoms with E-state index in [1.807, 2.05) is 30.3 Å². The molecule has 2 unspecified atom stereocenters. The summed E-state index contributed by atoms with van der Waals surface area (Å²) in [6.07, 6.45) is 8.64. The number of Topliss-reactive ketones (excluding diaryl/α,β-unsaturated/α-hetero) is 1. The Hall–Kier alpha value is -0.630. The molecule has 0 radical (unpaired) electrons. The van der Waals surface area contributed by atoms with Gasteiger partial charge in [0.05, 0.1) is 0 Å². The smallest absolute Gasteiger partial charge is 0.163 e. The third kappa shape index (κ3) is 2.16. The van der Waals surface area contributed by atoms with Gasteiger partial charge in [-0.15, -0.1) is 0 Å². The Labute approximate surface area is 129 Å². The van der Waals surface area contributed by atoms with Crippen molar-refractivity contribution in [3.05, 3.63) is 35.9 Å². The van der Waals surface area contributed by atoms with Crippen LogP contribution < -0.4 is 0 Å². The molecule has 106 valence electrons. The predicted octanol–water partition coefficient (Wildman–Crippen LogP) is 4.99. The fourth-order valence-electron chi connectivity index (χ4n) is 5.61. The molecule has 1 nitrogen and oxygen atoms in total. The Kier molecular flexibility index (Phi) is 2.89. The molecule has 4 fully saturated rings. The SMILES string of the molecule is O=C(CC12C[C@@H]3C[C@@H](CC(Br)(C3)C1)C2)c1ccccc1. The Balaban J connectivity index is 1.58. The van der Waals surface area contributed by atoms with E-state index < -0.39 is 0 Å². The standard InChI is InChI=1S/C18H21BrO/c19-18-9-13-6-14(10-18)8-17(7-13,12-18)11-16(20)15-4-2-1-3-5-15/h1-5,13-14H,6-12H2/t13-,14+,17?,18?. The van der Waals surface area contributed by atoms with E-state index in [4.69, 9.17) is 0 Å². The number of rotatable bonds is 3. The van der Waals surface area contributed by atoms with Crippen LogP contribution in [0.15, 0.2) is 30.3 Å². The van der Waals surface area contributed by atoms with E-state index in [9.17, 15) is 4.79 Å². The van der Waals surface area contributed by atoms with Gasteiger partial charge in [0.25, 0.3) is 0 Å². The topological polar surface area (TPSA) is 17.1 Å². The van der Waals surface area contributed by atoms with Gasteiger partial charge in [-0.2, -0.15) is 0 Å². The maximum absolute atomic E-state index is 12.6. The number of carbonyl (C=O) groups excluding carboxylic acids is 1. The number of hydrogen-bond donors (Lipinski definition) is 0. The Bertz CT molecular complexity index is 522. The molecule has 4 atom stereocenters. The second kappa shape index (κ2) is 4.43. The van der Waals surface area contributed by atoms with Crippen LogP contribution in [0.4, 0.5) is 0 Å². The van der Waals surface area contributed by atoms with Gasteiger partial charge in [-0.05, 0) is 55.8 Å². The molecule has 20 heavy (non-hydrogen) atoms. The highest BCUT2D eigenvalue weighted by atomic mass is 79.9. The number of benzene rings is 1. The lowest BCUT2D eigenvalue weighted by atomic mass is 9.48. The minimum atomic E-state index is 0.292. The van der Waals surface area contributed by atoms with E-state index in [1.165, 1.54) is 38.5 Å². The van der Waals surface area contributed by atoms with Gasteiger partial charge in [0.15, 0.2) is 5.78 Å². The molecule has 1 aromatic rings. The molecule has 4 aliphatic carbocycles. The van der Waals surface area contributed by atoms with E-state index in [1.54, 1.807) is 0 Å². The summed E-state index contributed by atoms with van der Waals surface area (Å²) >= 11 is 4.03. The first kappa shape index (κ1) is 13.1. The van der Waals surface area contributed by atoms with Crippen LogP contribution in [0.25, 0.3) is 0 Å². The lowest BCUT2D eigenvalue weighted by molar-refractivity contribution is -0.0353. The Morgan fingerprint density at radius 1 is 1.10 bits per heavy atom. The van der Waals surface area contributed by atoms with Crippen molar-refractivity contribution in [3.63, 3.8) is 0 Å². The van der Waals surface area contributed by atoms with Crippen LogP contribution in [0.1, 0.15) is 55.3 Å². The highest BCUT2D eigenvalue weighted by molar-refractivity contribution is 9.10. The van der Waals surface area contributed by atoms with Crippen LogP contribution in [0.3, 0.4) is 0 Å². The number of carbonyl (C=O) groups is 1. The summed E-state index contributed by atoms with van der Waals surface area (Å²) in [5, 5.41) is 0. The average Bonchev–Trinajstić information content (AvgIpc) is 2.36. The zero-order chi connectivity index (χ0) is 13.8. The first-order valence-electron chi connectivity index (χ1n) is 7.83. The van der Waals surface area contributed by atoms with Crippen molar-refractivity contribution in [3.8, 4) is 0 Å². The summed E-state index contributed by atoms with van der Waals surface area (Å²) in [7, 11) is 0. The summed E-state index contributed by atoms with van der Waals surface area (Å²) in [4.78, 5) is 12.6. The van der Waals surface area contributed by atoms with Gasteiger partial charge in [0, 0.05) is 16.3 Å². The molecule has 4 bridgehead atoms. The second-order valence-electron chi connectivity index (χ2n) is 7.58. The number of ketones is 1. The van der Waals surface area contributed by atoms with E-state index >= 15 is 0 Å². The van der Waals surface area contributed by atoms with Crippen LogP contribution in [-0.4, -0.2) is 10.1 Å². The molecular weight excluding hydrogens is 312 g/mol. The summed E-state index contributed by atoms with van der Waals surface area (Å²) in [6, 6.07) is 9.85. The Morgan fingerprint density at radius 3 is 2.35 bits per heavy atom. The van der Waals surface area contributed by atoms with Crippen molar-refractivity contribution in [2.75, 3.05) is 0 Å². The van der Waals surface area contributed by atoms with E-state index in [0.717, 1.165) is 23.8 Å². The maximum Gasteiger partial charge on any atom is 0.163 e. The molecular formula is C18H21BrO. The van der Waals surface area contributed by atoms with Crippen LogP contribution in [-0.2, 0) is 0 Å². The summed E-state index contributed by atoms with van der Waals surface area (Å²) < 4.78 is 0.355. The van der Waals surface area contributed by atoms with Gasteiger partial charge in [-0.3, -0.25) is 4.79 Å². The molecule has 5 rings (SSSR count). The van der Waals surface area contributed by atoms with Crippen molar-refractivity contribution in [1.82, 2.24) is 0 Å². The lowest BCUT2D eigenvalue weighted by Crippen LogP contribution is -2.53. The molecule has 2 heteroatoms. The quantitative estimate of drug-likeness (QED) is 0.562. The van der Waals surface area contributed by atoms with Gasteiger partial charge in [0.1, 0.15) is 0 Å². The van der Waals surface area contributed by atoms with Gasteiger partial charge in [-0.1, -0.05) is 46.3 Å². The monoisotopic (exact) mass is 332 g/mol. The first-order valence-corrected chi connectivity index (χ1v) is 8.62. The zero-order valence-electron chi connectivity index (χ0n) is 11.8. The fourth-order valence-corrected chi connectivity index (χ4v) is 7.12. The average molecular weight is 333 g/mol. The minimum Gasteiger partial charge on any atom is -0.294 e. The molecule has 0 N–H and O–H groups in total. The Morgan fingerprint density at radius 2 is 1.75 bits per heavy atom. The summed E-state index contributed by atoms with van der Waals surface area (Å²) in [5.74, 6) is 2.07. The molecule has 0 heterocycles. The van der Waals surface area contributed by atoms with Gasteiger partial charge in [-0.25, -0.2) is 0 Å². The lowest BCUT2D eigenvalue weighted by Gasteiger charge is -2.60. The zero-order valence-corrected chi connectivity index (χ0v) is 13.4. The molecule has 0 saturated heterocycles. The van der Waals surface area contributed by atoms with Crippen LogP contribution in [0, 0.1) is 17.3 Å². The van der Waals surface area contributed by atoms with Crippen molar-refractivity contribution < 1.29 is 4.79 Å². The normalized spacial score (nSPS) is 41.9. The van der Waals surface area contributed by atoms with Gasteiger partial charge >= 0.3 is 0 Å². The van der Waals surface area contributed by atoms with Crippen molar-refractivity contribution in [2.24, 2.45) is 17.3 Å². The maximum atomic E-state index is 12.6. The highest BCUT2D eigenvalue weighted by Gasteiger charge is 2.57. The van der Waals surface area contributed by atoms with E-state index in [0.29, 0.717) is 15.5 Å². The molecule has 4 saturated carbocycles. The number of halogens is 1. The summed E-state index contributed by atoms with van der Waals surface area (Å²) in [6.45, 7) is 0. The molecule has 0 amide bonds. The van der Waals surface area contributed by atoms with Crippen LogP contribution in [0.5, 0.6) is 0 Å². The molecule has 0 aromatic heterocycles. The predicted molar refractivity (Wildman–Crippen MR) is 84.2 cm³/mol. The van der Waals surface area contributed by atoms with E-state index in [-0.39, 0.29) is 0 Å². The third-order valence-electron chi connectivity index (χ3n) is 5.74. The third-order valence-corrected chi connectivity index (χ3v) is 6.67. The molecule has 4 aliphatic rings. The van der Waals surface area contributed by atoms with Gasteiger partial charge < -0.3 is 0 Å². The van der Waals surface area contributed by atoms with Crippen LogP contribution in [0.2, 0.25) is 0 Å². The number of hydrogen-bond acceptors (Lipinski definition) is 1. The van der Waals surface area contributed by atoms with Gasteiger partial charge in [0.2, 0.25) is 0 Å². The fraction of sp³-hybridized carbons (Fsp3) is 0.611.